The molecule has 102 valence electrons. The minimum atomic E-state index is 1.09. The average Bonchev–Trinajstić information content (AvgIpc) is 2.76. The van der Waals surface area contributed by atoms with Crippen LogP contribution < -0.4 is 0 Å². The summed E-state index contributed by atoms with van der Waals surface area (Å²) >= 11 is 0. The summed E-state index contributed by atoms with van der Waals surface area (Å²) in [5.74, 6) is 0. The van der Waals surface area contributed by atoms with Gasteiger partial charge >= 0.3 is 0 Å². The molecule has 0 spiro atoms. The highest BCUT2D eigenvalue weighted by Crippen LogP contribution is 2.28. The van der Waals surface area contributed by atoms with Gasteiger partial charge in [0.15, 0.2) is 0 Å². The van der Waals surface area contributed by atoms with Crippen molar-refractivity contribution in [3.05, 3.63) is 42.7 Å². The van der Waals surface area contributed by atoms with Crippen LogP contribution in [0.2, 0.25) is 0 Å². The van der Waals surface area contributed by atoms with Crippen LogP contribution in [0.1, 0.15) is 12.8 Å². The third kappa shape index (κ3) is 1.90. The maximum absolute atomic E-state index is 4.29. The van der Waals surface area contributed by atoms with Crippen molar-refractivity contribution in [2.75, 3.05) is 19.6 Å². The first kappa shape index (κ1) is 11.9. The van der Waals surface area contributed by atoms with Gasteiger partial charge in [-0.25, -0.2) is 0 Å². The summed E-state index contributed by atoms with van der Waals surface area (Å²) in [6.07, 6.45) is 6.48. The molecule has 1 saturated heterocycles. The number of para-hydroxylation sites is 1. The molecule has 3 aromatic rings. The fourth-order valence-corrected chi connectivity index (χ4v) is 3.20. The van der Waals surface area contributed by atoms with Gasteiger partial charge in [0.05, 0.1) is 5.52 Å². The van der Waals surface area contributed by atoms with Crippen LogP contribution in [0.5, 0.6) is 0 Å². The number of aryl methyl sites for hydroxylation is 1. The molecule has 0 bridgehead atoms. The summed E-state index contributed by atoms with van der Waals surface area (Å²) in [7, 11) is 0. The molecule has 0 saturated carbocycles. The van der Waals surface area contributed by atoms with Crippen LogP contribution in [0, 0.1) is 0 Å². The SMILES string of the molecule is c1ccc2c(c1)c1cnccc1n2CCCN1CCC1. The second kappa shape index (κ2) is 4.91. The van der Waals surface area contributed by atoms with Crippen LogP contribution in [-0.4, -0.2) is 34.1 Å². The lowest BCUT2D eigenvalue weighted by Gasteiger charge is -2.30. The lowest BCUT2D eigenvalue weighted by Crippen LogP contribution is -2.37. The molecule has 3 heteroatoms. The van der Waals surface area contributed by atoms with E-state index in [-0.39, 0.29) is 0 Å². The van der Waals surface area contributed by atoms with Crippen LogP contribution in [0.15, 0.2) is 42.7 Å². The van der Waals surface area contributed by atoms with Crippen LogP contribution in [0.4, 0.5) is 0 Å². The van der Waals surface area contributed by atoms with Crippen molar-refractivity contribution in [3.63, 3.8) is 0 Å². The zero-order valence-electron chi connectivity index (χ0n) is 11.6. The van der Waals surface area contributed by atoms with Crippen LogP contribution in [-0.2, 0) is 6.54 Å². The number of pyridine rings is 1. The monoisotopic (exact) mass is 265 g/mol. The first-order valence-corrected chi connectivity index (χ1v) is 7.47. The van der Waals surface area contributed by atoms with Gasteiger partial charge in [-0.05, 0) is 44.6 Å². The number of hydrogen-bond donors (Lipinski definition) is 0. The topological polar surface area (TPSA) is 21.1 Å². The Morgan fingerprint density at radius 2 is 1.80 bits per heavy atom. The third-order valence-corrected chi connectivity index (χ3v) is 4.38. The van der Waals surface area contributed by atoms with Gasteiger partial charge in [0.2, 0.25) is 0 Å². The number of aromatic nitrogens is 2. The number of likely N-dealkylation sites (tertiary alicyclic amines) is 1. The molecular formula is C17H19N3. The number of fused-ring (bicyclic) bond motifs is 3. The van der Waals surface area contributed by atoms with E-state index in [9.17, 15) is 0 Å². The van der Waals surface area contributed by atoms with Gasteiger partial charge in [0, 0.05) is 35.2 Å². The second-order valence-electron chi connectivity index (χ2n) is 5.61. The fourth-order valence-electron chi connectivity index (χ4n) is 3.20. The number of hydrogen-bond acceptors (Lipinski definition) is 2. The summed E-state index contributed by atoms with van der Waals surface area (Å²) < 4.78 is 2.45. The Labute approximate surface area is 118 Å². The molecule has 0 unspecified atom stereocenters. The Bertz CT molecular complexity index is 687. The quantitative estimate of drug-likeness (QED) is 0.722. The maximum Gasteiger partial charge on any atom is 0.0522 e. The predicted octanol–water partition coefficient (Wildman–Crippen LogP) is 3.29. The Morgan fingerprint density at radius 3 is 2.65 bits per heavy atom. The summed E-state index contributed by atoms with van der Waals surface area (Å²) in [4.78, 5) is 6.82. The Morgan fingerprint density at radius 1 is 0.950 bits per heavy atom. The fraction of sp³-hybridized carbons (Fsp3) is 0.353. The average molecular weight is 265 g/mol. The zero-order chi connectivity index (χ0) is 13.4. The van der Waals surface area contributed by atoms with Crippen molar-refractivity contribution in [1.82, 2.24) is 14.5 Å². The molecule has 1 aliphatic rings. The first-order chi connectivity index (χ1) is 9.93. The smallest absolute Gasteiger partial charge is 0.0522 e. The second-order valence-corrected chi connectivity index (χ2v) is 5.61. The van der Waals surface area contributed by atoms with E-state index in [1.807, 2.05) is 12.4 Å². The minimum absolute atomic E-state index is 1.09. The lowest BCUT2D eigenvalue weighted by atomic mass is 10.2. The van der Waals surface area contributed by atoms with E-state index in [4.69, 9.17) is 0 Å². The molecular weight excluding hydrogens is 246 g/mol. The normalized spacial score (nSPS) is 15.8. The van der Waals surface area contributed by atoms with Gasteiger partial charge in [-0.2, -0.15) is 0 Å². The number of benzene rings is 1. The van der Waals surface area contributed by atoms with Crippen molar-refractivity contribution >= 4 is 21.8 Å². The van der Waals surface area contributed by atoms with Gasteiger partial charge in [0.25, 0.3) is 0 Å². The van der Waals surface area contributed by atoms with E-state index in [0.717, 1.165) is 6.54 Å². The minimum Gasteiger partial charge on any atom is -0.340 e. The van der Waals surface area contributed by atoms with Crippen LogP contribution in [0.3, 0.4) is 0 Å². The molecule has 3 heterocycles. The van der Waals surface area contributed by atoms with Gasteiger partial charge in [0.1, 0.15) is 0 Å². The van der Waals surface area contributed by atoms with Crippen LogP contribution in [0.25, 0.3) is 21.8 Å². The van der Waals surface area contributed by atoms with E-state index in [0.29, 0.717) is 0 Å². The van der Waals surface area contributed by atoms with E-state index in [1.54, 1.807) is 0 Å². The van der Waals surface area contributed by atoms with Gasteiger partial charge < -0.3 is 9.47 Å². The van der Waals surface area contributed by atoms with E-state index < -0.39 is 0 Å². The molecule has 0 aliphatic carbocycles. The summed E-state index contributed by atoms with van der Waals surface area (Å²) in [5, 5.41) is 2.59. The first-order valence-electron chi connectivity index (χ1n) is 7.47. The molecule has 4 rings (SSSR count). The van der Waals surface area contributed by atoms with E-state index in [1.165, 1.54) is 54.3 Å². The van der Waals surface area contributed by atoms with E-state index in [2.05, 4.69) is 44.8 Å². The Hall–Kier alpha value is -1.87. The number of nitrogens with zero attached hydrogens (tertiary/aromatic N) is 3. The zero-order valence-corrected chi connectivity index (χ0v) is 11.6. The molecule has 0 amide bonds. The lowest BCUT2D eigenvalue weighted by molar-refractivity contribution is 0.177. The van der Waals surface area contributed by atoms with Gasteiger partial charge in [-0.15, -0.1) is 0 Å². The molecule has 20 heavy (non-hydrogen) atoms. The summed E-state index contributed by atoms with van der Waals surface area (Å²) in [6.45, 7) is 4.89. The molecule has 0 N–H and O–H groups in total. The largest absolute Gasteiger partial charge is 0.340 e. The molecule has 2 aromatic heterocycles. The summed E-state index contributed by atoms with van der Waals surface area (Å²) in [5.41, 5.74) is 2.64. The molecule has 1 fully saturated rings. The highest BCUT2D eigenvalue weighted by atomic mass is 15.2. The standard InChI is InChI=1S/C17H19N3/c1-2-6-16-14(5-1)15-13-18-8-7-17(15)20(16)12-4-11-19-9-3-10-19/h1-2,5-8,13H,3-4,9-12H2. The number of rotatable bonds is 4. The third-order valence-electron chi connectivity index (χ3n) is 4.38. The van der Waals surface area contributed by atoms with Gasteiger partial charge in [-0.1, -0.05) is 18.2 Å². The van der Waals surface area contributed by atoms with Gasteiger partial charge in [-0.3, -0.25) is 4.98 Å². The van der Waals surface area contributed by atoms with Crippen molar-refractivity contribution in [2.24, 2.45) is 0 Å². The highest BCUT2D eigenvalue weighted by molar-refractivity contribution is 6.07. The molecule has 3 nitrogen and oxygen atoms in total. The summed E-state index contributed by atoms with van der Waals surface area (Å²) in [6, 6.07) is 10.8. The van der Waals surface area contributed by atoms with Crippen molar-refractivity contribution in [3.8, 4) is 0 Å². The maximum atomic E-state index is 4.29. The van der Waals surface area contributed by atoms with Crippen molar-refractivity contribution in [1.29, 1.82) is 0 Å². The van der Waals surface area contributed by atoms with E-state index >= 15 is 0 Å². The van der Waals surface area contributed by atoms with Crippen LogP contribution >= 0.6 is 0 Å². The Kier molecular flexibility index (Phi) is 2.92. The highest BCUT2D eigenvalue weighted by Gasteiger charge is 2.14. The van der Waals surface area contributed by atoms with Crippen molar-refractivity contribution < 1.29 is 0 Å². The molecule has 1 aliphatic heterocycles. The molecule has 0 atom stereocenters. The molecule has 1 aromatic carbocycles. The molecule has 0 radical (unpaired) electrons. The van der Waals surface area contributed by atoms with Crippen molar-refractivity contribution in [2.45, 2.75) is 19.4 Å². The predicted molar refractivity (Wildman–Crippen MR) is 82.9 cm³/mol. The Balaban J connectivity index is 1.71.